The summed E-state index contributed by atoms with van der Waals surface area (Å²) in [5, 5.41) is 4.82. The van der Waals surface area contributed by atoms with Gasteiger partial charge in [0.2, 0.25) is 0 Å². The molecule has 1 N–H and O–H groups in total. The van der Waals surface area contributed by atoms with Crippen LogP contribution in [0.2, 0.25) is 0 Å². The van der Waals surface area contributed by atoms with Gasteiger partial charge in [0.25, 0.3) is 5.91 Å². The van der Waals surface area contributed by atoms with E-state index in [9.17, 15) is 4.79 Å². The van der Waals surface area contributed by atoms with Crippen LogP contribution in [-0.4, -0.2) is 29.5 Å². The smallest absolute Gasteiger partial charge is 0.254 e. The molecule has 5 heteroatoms. The second-order valence-electron chi connectivity index (χ2n) is 6.23. The van der Waals surface area contributed by atoms with Gasteiger partial charge in [-0.3, -0.25) is 4.79 Å². The molecular weight excluding hydrogens is 260 g/mol. The van der Waals surface area contributed by atoms with Crippen molar-refractivity contribution >= 4 is 17.4 Å². The number of aryl methyl sites for hydroxylation is 1. The Labute approximate surface area is 118 Å². The zero-order valence-electron chi connectivity index (χ0n) is 12.0. The summed E-state index contributed by atoms with van der Waals surface area (Å²) in [6.07, 6.45) is 1.23. The van der Waals surface area contributed by atoms with Gasteiger partial charge in [0.05, 0.1) is 17.4 Å². The molecule has 19 heavy (non-hydrogen) atoms. The van der Waals surface area contributed by atoms with Crippen LogP contribution in [-0.2, 0) is 4.74 Å². The second kappa shape index (κ2) is 5.59. The number of carbonyl (C=O) groups excluding carboxylic acids is 1. The van der Waals surface area contributed by atoms with E-state index in [0.29, 0.717) is 18.0 Å². The minimum atomic E-state index is -0.0224. The lowest BCUT2D eigenvalue weighted by atomic mass is 9.81. The van der Waals surface area contributed by atoms with E-state index >= 15 is 0 Å². The maximum Gasteiger partial charge on any atom is 0.254 e. The van der Waals surface area contributed by atoms with Crippen LogP contribution < -0.4 is 5.32 Å². The van der Waals surface area contributed by atoms with Gasteiger partial charge in [-0.15, -0.1) is 0 Å². The number of nitrogens with zero attached hydrogens (tertiary/aromatic N) is 1. The van der Waals surface area contributed by atoms with Crippen LogP contribution in [0.15, 0.2) is 5.38 Å². The van der Waals surface area contributed by atoms with Crippen molar-refractivity contribution < 1.29 is 9.53 Å². The predicted molar refractivity (Wildman–Crippen MR) is 76.5 cm³/mol. The van der Waals surface area contributed by atoms with E-state index in [0.717, 1.165) is 18.7 Å². The number of rotatable bonds is 3. The van der Waals surface area contributed by atoms with Gasteiger partial charge < -0.3 is 10.1 Å². The molecule has 4 nitrogen and oxygen atoms in total. The van der Waals surface area contributed by atoms with Gasteiger partial charge in [0, 0.05) is 24.4 Å². The maximum atomic E-state index is 12.1. The zero-order chi connectivity index (χ0) is 14.0. The normalized spacial score (nSPS) is 23.6. The van der Waals surface area contributed by atoms with Crippen LogP contribution in [0.5, 0.6) is 0 Å². The zero-order valence-corrected chi connectivity index (χ0v) is 12.8. The monoisotopic (exact) mass is 282 g/mol. The van der Waals surface area contributed by atoms with Crippen LogP contribution in [0.4, 0.5) is 0 Å². The first-order chi connectivity index (χ1) is 8.89. The van der Waals surface area contributed by atoms with Crippen LogP contribution in [0, 0.1) is 18.3 Å². The molecule has 0 spiro atoms. The fraction of sp³-hybridized carbons (Fsp3) is 0.714. The number of aromatic nitrogens is 1. The molecule has 1 aromatic heterocycles. The minimum Gasteiger partial charge on any atom is -0.377 e. The molecule has 0 radical (unpaired) electrons. The summed E-state index contributed by atoms with van der Waals surface area (Å²) in [5.74, 6) is 0.377. The molecule has 1 aliphatic rings. The number of carbonyl (C=O) groups is 1. The molecule has 0 bridgehead atoms. The Balaban J connectivity index is 1.92. The van der Waals surface area contributed by atoms with Crippen molar-refractivity contribution in [3.63, 3.8) is 0 Å². The molecule has 106 valence electrons. The Kier molecular flexibility index (Phi) is 4.26. The highest BCUT2D eigenvalue weighted by atomic mass is 32.1. The lowest BCUT2D eigenvalue weighted by Gasteiger charge is -2.31. The average Bonchev–Trinajstić information content (AvgIpc) is 2.93. The van der Waals surface area contributed by atoms with Gasteiger partial charge in [-0.05, 0) is 30.3 Å². The highest BCUT2D eigenvalue weighted by Gasteiger charge is 2.37. The van der Waals surface area contributed by atoms with Crippen LogP contribution in [0.1, 0.15) is 43.2 Å². The van der Waals surface area contributed by atoms with Crippen molar-refractivity contribution in [2.45, 2.75) is 40.2 Å². The van der Waals surface area contributed by atoms with Gasteiger partial charge in [-0.25, -0.2) is 0 Å². The third kappa shape index (κ3) is 3.34. The van der Waals surface area contributed by atoms with Gasteiger partial charge in [-0.1, -0.05) is 20.8 Å². The van der Waals surface area contributed by atoms with E-state index in [-0.39, 0.29) is 17.4 Å². The maximum absolute atomic E-state index is 12.1. The molecule has 0 unspecified atom stereocenters. The van der Waals surface area contributed by atoms with Crippen molar-refractivity contribution in [1.82, 2.24) is 9.69 Å². The van der Waals surface area contributed by atoms with Crippen molar-refractivity contribution in [2.24, 2.45) is 11.3 Å². The second-order valence-corrected chi connectivity index (χ2v) is 6.86. The highest BCUT2D eigenvalue weighted by molar-refractivity contribution is 7.03. The van der Waals surface area contributed by atoms with E-state index in [1.807, 2.05) is 6.92 Å². The van der Waals surface area contributed by atoms with Gasteiger partial charge in [-0.2, -0.15) is 4.37 Å². The lowest BCUT2D eigenvalue weighted by Crippen LogP contribution is -2.38. The summed E-state index contributed by atoms with van der Waals surface area (Å²) >= 11 is 1.32. The summed E-state index contributed by atoms with van der Waals surface area (Å²) < 4.78 is 9.94. The molecule has 2 heterocycles. The van der Waals surface area contributed by atoms with Crippen molar-refractivity contribution in [1.29, 1.82) is 0 Å². The van der Waals surface area contributed by atoms with Gasteiger partial charge in [0.1, 0.15) is 0 Å². The Hall–Kier alpha value is -0.940. The number of ether oxygens (including phenoxy) is 1. The molecule has 2 atom stereocenters. The average molecular weight is 282 g/mol. The van der Waals surface area contributed by atoms with E-state index in [1.165, 1.54) is 11.5 Å². The summed E-state index contributed by atoms with van der Waals surface area (Å²) in [6.45, 7) is 9.89. The molecule has 1 saturated heterocycles. The van der Waals surface area contributed by atoms with E-state index in [2.05, 4.69) is 30.5 Å². The topological polar surface area (TPSA) is 51.2 Å². The molecule has 1 fully saturated rings. The largest absolute Gasteiger partial charge is 0.377 e. The van der Waals surface area contributed by atoms with Crippen molar-refractivity contribution in [3.05, 3.63) is 16.6 Å². The first kappa shape index (κ1) is 14.5. The van der Waals surface area contributed by atoms with Crippen LogP contribution in [0.3, 0.4) is 0 Å². The Morgan fingerprint density at radius 1 is 1.58 bits per heavy atom. The van der Waals surface area contributed by atoms with Crippen molar-refractivity contribution in [3.8, 4) is 0 Å². The number of amides is 1. The number of hydrogen-bond donors (Lipinski definition) is 1. The molecule has 0 aliphatic carbocycles. The molecule has 0 aromatic carbocycles. The SMILES string of the molecule is Cc1nscc1C(=O)NC[C@H]1CCO[C@@H]1C(C)(C)C. The first-order valence-corrected chi connectivity index (χ1v) is 7.54. The molecule has 1 aromatic rings. The molecule has 1 aliphatic heterocycles. The number of nitrogens with one attached hydrogen (secondary N) is 1. The Morgan fingerprint density at radius 3 is 2.89 bits per heavy atom. The lowest BCUT2D eigenvalue weighted by molar-refractivity contribution is 0.00737. The van der Waals surface area contributed by atoms with E-state index in [1.54, 1.807) is 5.38 Å². The predicted octanol–water partition coefficient (Wildman–Crippen LogP) is 2.63. The van der Waals surface area contributed by atoms with Gasteiger partial charge >= 0.3 is 0 Å². The van der Waals surface area contributed by atoms with Gasteiger partial charge in [0.15, 0.2) is 0 Å². The van der Waals surface area contributed by atoms with Crippen molar-refractivity contribution in [2.75, 3.05) is 13.2 Å². The fourth-order valence-corrected chi connectivity index (χ4v) is 3.32. The standard InChI is InChI=1S/C14H22N2O2S/c1-9-11(8-19-16-9)13(17)15-7-10-5-6-18-12(10)14(2,3)4/h8,10,12H,5-7H2,1-4H3,(H,15,17)/t10-,12+/m1/s1. The summed E-state index contributed by atoms with van der Waals surface area (Å²) in [5.41, 5.74) is 1.61. The quantitative estimate of drug-likeness (QED) is 0.927. The summed E-state index contributed by atoms with van der Waals surface area (Å²) in [4.78, 5) is 12.1. The Morgan fingerprint density at radius 2 is 2.32 bits per heavy atom. The molecule has 0 saturated carbocycles. The van der Waals surface area contributed by atoms with E-state index < -0.39 is 0 Å². The van der Waals surface area contributed by atoms with Crippen LogP contribution >= 0.6 is 11.5 Å². The highest BCUT2D eigenvalue weighted by Crippen LogP contribution is 2.34. The fourth-order valence-electron chi connectivity index (χ4n) is 2.63. The summed E-state index contributed by atoms with van der Waals surface area (Å²) in [7, 11) is 0. The van der Waals surface area contributed by atoms with E-state index in [4.69, 9.17) is 4.74 Å². The minimum absolute atomic E-state index is 0.0224. The summed E-state index contributed by atoms with van der Waals surface area (Å²) in [6, 6.07) is 0. The molecule has 1 amide bonds. The molecule has 2 rings (SSSR count). The molecular formula is C14H22N2O2S. The first-order valence-electron chi connectivity index (χ1n) is 6.70. The third-order valence-electron chi connectivity index (χ3n) is 3.59. The number of hydrogen-bond acceptors (Lipinski definition) is 4. The Bertz CT molecular complexity index is 451. The third-order valence-corrected chi connectivity index (χ3v) is 4.31. The van der Waals surface area contributed by atoms with Crippen LogP contribution in [0.25, 0.3) is 0 Å².